The van der Waals surface area contributed by atoms with Crippen LogP contribution in [0.25, 0.3) is 0 Å². The first-order chi connectivity index (χ1) is 13.9. The molecule has 0 spiro atoms. The summed E-state index contributed by atoms with van der Waals surface area (Å²) in [5.41, 5.74) is 5.77. The van der Waals surface area contributed by atoms with Crippen LogP contribution in [0.3, 0.4) is 0 Å². The lowest BCUT2D eigenvalue weighted by atomic mass is 9.95. The van der Waals surface area contributed by atoms with Crippen molar-refractivity contribution in [2.45, 2.75) is 58.9 Å². The minimum absolute atomic E-state index is 0.0400. The summed E-state index contributed by atoms with van der Waals surface area (Å²) >= 11 is 0. The second kappa shape index (κ2) is 9.59. The monoisotopic (exact) mass is 393 g/mol. The van der Waals surface area contributed by atoms with E-state index in [0.29, 0.717) is 11.3 Å². The minimum Gasteiger partial charge on any atom is -0.376 e. The molecule has 0 unspecified atom stereocenters. The number of carbonyl (C=O) groups excluding carboxylic acids is 2. The molecule has 0 saturated heterocycles. The van der Waals surface area contributed by atoms with Gasteiger partial charge in [-0.1, -0.05) is 37.0 Å². The lowest BCUT2D eigenvalue weighted by molar-refractivity contribution is -0.114. The van der Waals surface area contributed by atoms with Crippen molar-refractivity contribution >= 4 is 23.2 Å². The SMILES string of the molecule is Cc1cc(C)c(NCC(=O)Nc2ccc(C(=O)NC3CCCCC3)cc2)c(C)c1. The maximum Gasteiger partial charge on any atom is 0.251 e. The van der Waals surface area contributed by atoms with E-state index in [4.69, 9.17) is 0 Å². The Hall–Kier alpha value is -2.82. The van der Waals surface area contributed by atoms with E-state index < -0.39 is 0 Å². The predicted octanol–water partition coefficient (Wildman–Crippen LogP) is 4.72. The number of hydrogen-bond donors (Lipinski definition) is 3. The lowest BCUT2D eigenvalue weighted by Gasteiger charge is -2.22. The number of carbonyl (C=O) groups is 2. The average Bonchev–Trinajstić information content (AvgIpc) is 2.68. The Balaban J connectivity index is 1.51. The van der Waals surface area contributed by atoms with Gasteiger partial charge in [0.15, 0.2) is 0 Å². The van der Waals surface area contributed by atoms with E-state index in [0.717, 1.165) is 29.7 Å². The summed E-state index contributed by atoms with van der Waals surface area (Å²) in [5.74, 6) is -0.162. The fourth-order valence-electron chi connectivity index (χ4n) is 4.05. The first-order valence-corrected chi connectivity index (χ1v) is 10.4. The van der Waals surface area contributed by atoms with Gasteiger partial charge in [-0.3, -0.25) is 9.59 Å². The Kier molecular flexibility index (Phi) is 6.91. The van der Waals surface area contributed by atoms with E-state index in [1.165, 1.54) is 24.8 Å². The molecule has 29 heavy (non-hydrogen) atoms. The number of hydrogen-bond acceptors (Lipinski definition) is 3. The summed E-state index contributed by atoms with van der Waals surface area (Å²) < 4.78 is 0. The number of benzene rings is 2. The standard InChI is InChI=1S/C24H31N3O2/c1-16-13-17(2)23(18(3)14-16)25-15-22(28)26-21-11-9-19(10-12-21)24(29)27-20-7-5-4-6-8-20/h9-14,20,25H,4-8,15H2,1-3H3,(H,26,28)(H,27,29). The first kappa shape index (κ1) is 20.9. The second-order valence-electron chi connectivity index (χ2n) is 8.06. The molecule has 0 bridgehead atoms. The molecule has 2 aromatic rings. The Morgan fingerprint density at radius 2 is 1.55 bits per heavy atom. The number of anilines is 2. The maximum absolute atomic E-state index is 12.4. The minimum atomic E-state index is -0.121. The topological polar surface area (TPSA) is 70.2 Å². The van der Waals surface area contributed by atoms with Gasteiger partial charge in [-0.05, 0) is 69.0 Å². The molecule has 1 saturated carbocycles. The van der Waals surface area contributed by atoms with Crippen LogP contribution in [-0.2, 0) is 4.79 Å². The zero-order chi connectivity index (χ0) is 20.8. The summed E-state index contributed by atoms with van der Waals surface area (Å²) in [6.07, 6.45) is 5.76. The van der Waals surface area contributed by atoms with Gasteiger partial charge >= 0.3 is 0 Å². The number of rotatable bonds is 6. The molecule has 0 aliphatic heterocycles. The largest absolute Gasteiger partial charge is 0.376 e. The van der Waals surface area contributed by atoms with E-state index in [9.17, 15) is 9.59 Å². The molecule has 0 atom stereocenters. The normalized spacial score (nSPS) is 14.3. The molecule has 2 aromatic carbocycles. The van der Waals surface area contributed by atoms with Crippen molar-refractivity contribution in [2.75, 3.05) is 17.2 Å². The third-order valence-corrected chi connectivity index (χ3v) is 5.47. The zero-order valence-electron chi connectivity index (χ0n) is 17.6. The van der Waals surface area contributed by atoms with Gasteiger partial charge in [0, 0.05) is 23.0 Å². The molecule has 0 radical (unpaired) electrons. The van der Waals surface area contributed by atoms with Gasteiger partial charge in [-0.2, -0.15) is 0 Å². The van der Waals surface area contributed by atoms with Gasteiger partial charge in [0.1, 0.15) is 0 Å². The third-order valence-electron chi connectivity index (χ3n) is 5.47. The molecule has 154 valence electrons. The summed E-state index contributed by atoms with van der Waals surface area (Å²) in [6, 6.07) is 11.6. The third kappa shape index (κ3) is 5.83. The Labute approximate surface area is 173 Å². The molecule has 0 aromatic heterocycles. The molecule has 2 amide bonds. The van der Waals surface area contributed by atoms with Crippen LogP contribution in [0.2, 0.25) is 0 Å². The van der Waals surface area contributed by atoms with Crippen molar-refractivity contribution in [2.24, 2.45) is 0 Å². The van der Waals surface area contributed by atoms with Crippen molar-refractivity contribution < 1.29 is 9.59 Å². The van der Waals surface area contributed by atoms with E-state index >= 15 is 0 Å². The Morgan fingerprint density at radius 3 is 2.17 bits per heavy atom. The molecular weight excluding hydrogens is 362 g/mol. The number of amides is 2. The van der Waals surface area contributed by atoms with Crippen LogP contribution in [0, 0.1) is 20.8 Å². The molecule has 3 N–H and O–H groups in total. The van der Waals surface area contributed by atoms with Crippen molar-refractivity contribution in [3.05, 3.63) is 58.7 Å². The van der Waals surface area contributed by atoms with Crippen LogP contribution in [0.5, 0.6) is 0 Å². The van der Waals surface area contributed by atoms with Gasteiger partial charge in [0.2, 0.25) is 5.91 Å². The highest BCUT2D eigenvalue weighted by Gasteiger charge is 2.16. The van der Waals surface area contributed by atoms with E-state index in [1.54, 1.807) is 24.3 Å². The average molecular weight is 394 g/mol. The van der Waals surface area contributed by atoms with Crippen LogP contribution in [0.15, 0.2) is 36.4 Å². The second-order valence-corrected chi connectivity index (χ2v) is 8.06. The predicted molar refractivity (Wildman–Crippen MR) is 119 cm³/mol. The zero-order valence-corrected chi connectivity index (χ0v) is 17.6. The molecule has 3 rings (SSSR count). The lowest BCUT2D eigenvalue weighted by Crippen LogP contribution is -2.36. The van der Waals surface area contributed by atoms with Crippen LogP contribution < -0.4 is 16.0 Å². The Bertz CT molecular complexity index is 845. The summed E-state index contributed by atoms with van der Waals surface area (Å²) in [7, 11) is 0. The molecule has 5 nitrogen and oxygen atoms in total. The van der Waals surface area contributed by atoms with E-state index in [1.807, 2.05) is 13.8 Å². The van der Waals surface area contributed by atoms with Gasteiger partial charge in [-0.15, -0.1) is 0 Å². The van der Waals surface area contributed by atoms with Crippen LogP contribution in [0.4, 0.5) is 11.4 Å². The van der Waals surface area contributed by atoms with E-state index in [2.05, 4.69) is 35.0 Å². The van der Waals surface area contributed by atoms with Crippen molar-refractivity contribution in [1.82, 2.24) is 5.32 Å². The molecular formula is C24H31N3O2. The highest BCUT2D eigenvalue weighted by molar-refractivity contribution is 5.96. The fraction of sp³-hybridized carbons (Fsp3) is 0.417. The van der Waals surface area contributed by atoms with E-state index in [-0.39, 0.29) is 24.4 Å². The van der Waals surface area contributed by atoms with Crippen molar-refractivity contribution in [1.29, 1.82) is 0 Å². The molecule has 5 heteroatoms. The van der Waals surface area contributed by atoms with Crippen LogP contribution >= 0.6 is 0 Å². The number of aryl methyl sites for hydroxylation is 3. The molecule has 1 aliphatic carbocycles. The first-order valence-electron chi connectivity index (χ1n) is 10.4. The van der Waals surface area contributed by atoms with Crippen molar-refractivity contribution in [3.63, 3.8) is 0 Å². The molecule has 0 heterocycles. The summed E-state index contributed by atoms with van der Waals surface area (Å²) in [6.45, 7) is 6.33. The smallest absolute Gasteiger partial charge is 0.251 e. The van der Waals surface area contributed by atoms with Crippen molar-refractivity contribution in [3.8, 4) is 0 Å². The highest BCUT2D eigenvalue weighted by atomic mass is 16.2. The molecule has 1 aliphatic rings. The van der Waals surface area contributed by atoms with Gasteiger partial charge in [-0.25, -0.2) is 0 Å². The van der Waals surface area contributed by atoms with Gasteiger partial charge in [0.25, 0.3) is 5.91 Å². The van der Waals surface area contributed by atoms with Crippen LogP contribution in [-0.4, -0.2) is 24.4 Å². The van der Waals surface area contributed by atoms with Crippen LogP contribution in [0.1, 0.15) is 59.2 Å². The number of nitrogens with one attached hydrogen (secondary N) is 3. The Morgan fingerprint density at radius 1 is 0.931 bits per heavy atom. The fourth-order valence-corrected chi connectivity index (χ4v) is 4.05. The summed E-state index contributed by atoms with van der Waals surface area (Å²) in [4.78, 5) is 24.7. The summed E-state index contributed by atoms with van der Waals surface area (Å²) in [5, 5.41) is 9.22. The maximum atomic E-state index is 12.4. The van der Waals surface area contributed by atoms with Gasteiger partial charge in [0.05, 0.1) is 6.54 Å². The quantitative estimate of drug-likeness (QED) is 0.665. The highest BCUT2D eigenvalue weighted by Crippen LogP contribution is 2.22. The van der Waals surface area contributed by atoms with Gasteiger partial charge < -0.3 is 16.0 Å². The molecule has 1 fully saturated rings.